The number of amides is 1. The molecule has 3 N–H and O–H groups in total. The molecular weight excluding hydrogens is 353 g/mol. The van der Waals surface area contributed by atoms with Crippen LogP contribution in [0.15, 0.2) is 28.8 Å². The molecule has 0 spiro atoms. The molecule has 1 amide bonds. The van der Waals surface area contributed by atoms with Crippen molar-refractivity contribution in [3.05, 3.63) is 30.2 Å². The molecule has 1 fully saturated rings. The molecule has 10 heteroatoms. The highest BCUT2D eigenvalue weighted by Gasteiger charge is 2.39. The van der Waals surface area contributed by atoms with Crippen LogP contribution >= 0.6 is 0 Å². The molecule has 140 valence electrons. The largest absolute Gasteiger partial charge is 0.471 e. The third-order valence-electron chi connectivity index (χ3n) is 4.39. The average Bonchev–Trinajstić information content (AvgIpc) is 3.13. The second kappa shape index (κ2) is 7.04. The number of aromatic nitrogens is 2. The number of ether oxygens (including phenoxy) is 1. The maximum absolute atomic E-state index is 12.6. The van der Waals surface area contributed by atoms with Gasteiger partial charge in [0.25, 0.3) is 0 Å². The molecule has 2 heterocycles. The molecule has 0 saturated carbocycles. The number of carbonyl (C=O) groups is 1. The molecular formula is C16H17F3N4O3. The molecule has 1 saturated heterocycles. The monoisotopic (exact) mass is 370 g/mol. The summed E-state index contributed by atoms with van der Waals surface area (Å²) < 4.78 is 47.0. The standard InChI is InChI=1S/C16H17F3N4O3/c17-16(18,19)14-22-12(23-26-14)10-1-3-11(4-2-10)21-13(24)15(9-20)5-7-25-8-6-15/h1-4H,5-9,20H2,(H,21,24). The van der Waals surface area contributed by atoms with Gasteiger partial charge in [0.2, 0.25) is 11.7 Å². The smallest absolute Gasteiger partial charge is 0.381 e. The zero-order chi connectivity index (χ0) is 18.8. The van der Waals surface area contributed by atoms with Gasteiger partial charge in [-0.1, -0.05) is 5.16 Å². The average molecular weight is 370 g/mol. The number of halogens is 3. The van der Waals surface area contributed by atoms with Gasteiger partial charge < -0.3 is 20.3 Å². The lowest BCUT2D eigenvalue weighted by Gasteiger charge is -2.34. The first-order valence-electron chi connectivity index (χ1n) is 7.95. The number of alkyl halides is 3. The molecule has 26 heavy (non-hydrogen) atoms. The van der Waals surface area contributed by atoms with E-state index in [-0.39, 0.29) is 18.3 Å². The Kier molecular flexibility index (Phi) is 4.97. The SMILES string of the molecule is NCC1(C(=O)Nc2ccc(-c3noc(C(F)(F)F)n3)cc2)CCOCC1. The fourth-order valence-corrected chi connectivity index (χ4v) is 2.71. The van der Waals surface area contributed by atoms with Crippen LogP contribution in [-0.4, -0.2) is 35.8 Å². The van der Waals surface area contributed by atoms with Crippen LogP contribution in [0.1, 0.15) is 18.7 Å². The van der Waals surface area contributed by atoms with Crippen LogP contribution in [0, 0.1) is 5.41 Å². The van der Waals surface area contributed by atoms with E-state index in [2.05, 4.69) is 20.0 Å². The van der Waals surface area contributed by atoms with Gasteiger partial charge in [-0.25, -0.2) is 0 Å². The fraction of sp³-hybridized carbons (Fsp3) is 0.438. The minimum Gasteiger partial charge on any atom is -0.381 e. The maximum Gasteiger partial charge on any atom is 0.471 e. The summed E-state index contributed by atoms with van der Waals surface area (Å²) in [4.78, 5) is 15.9. The number of benzene rings is 1. The third kappa shape index (κ3) is 3.70. The number of hydrogen-bond acceptors (Lipinski definition) is 6. The van der Waals surface area contributed by atoms with Gasteiger partial charge in [-0.3, -0.25) is 4.79 Å². The van der Waals surface area contributed by atoms with E-state index < -0.39 is 17.5 Å². The van der Waals surface area contributed by atoms with Crippen molar-refractivity contribution in [1.29, 1.82) is 0 Å². The topological polar surface area (TPSA) is 103 Å². The van der Waals surface area contributed by atoms with Crippen molar-refractivity contribution < 1.29 is 27.2 Å². The van der Waals surface area contributed by atoms with E-state index in [1.165, 1.54) is 12.1 Å². The molecule has 0 aliphatic carbocycles. The summed E-state index contributed by atoms with van der Waals surface area (Å²) in [7, 11) is 0. The van der Waals surface area contributed by atoms with Crippen molar-refractivity contribution >= 4 is 11.6 Å². The molecule has 1 aromatic heterocycles. The molecule has 1 aliphatic rings. The Morgan fingerprint density at radius 1 is 1.23 bits per heavy atom. The zero-order valence-electron chi connectivity index (χ0n) is 13.7. The van der Waals surface area contributed by atoms with Crippen molar-refractivity contribution in [3.63, 3.8) is 0 Å². The van der Waals surface area contributed by atoms with Gasteiger partial charge in [-0.05, 0) is 37.1 Å². The van der Waals surface area contributed by atoms with E-state index in [0.717, 1.165) is 0 Å². The second-order valence-electron chi connectivity index (χ2n) is 6.05. The van der Waals surface area contributed by atoms with Gasteiger partial charge in [0, 0.05) is 31.0 Å². The van der Waals surface area contributed by atoms with Crippen molar-refractivity contribution in [2.45, 2.75) is 19.0 Å². The van der Waals surface area contributed by atoms with Crippen LogP contribution in [0.4, 0.5) is 18.9 Å². The Labute approximate surface area is 146 Å². The molecule has 1 aliphatic heterocycles. The van der Waals surface area contributed by atoms with E-state index in [9.17, 15) is 18.0 Å². The lowest BCUT2D eigenvalue weighted by Crippen LogP contribution is -2.46. The highest BCUT2D eigenvalue weighted by atomic mass is 19.4. The Hall–Kier alpha value is -2.46. The first kappa shape index (κ1) is 18.3. The summed E-state index contributed by atoms with van der Waals surface area (Å²) >= 11 is 0. The summed E-state index contributed by atoms with van der Waals surface area (Å²) in [5, 5.41) is 6.11. The normalized spacial score (nSPS) is 17.1. The van der Waals surface area contributed by atoms with Gasteiger partial charge in [0.1, 0.15) is 0 Å². The highest BCUT2D eigenvalue weighted by molar-refractivity contribution is 5.95. The molecule has 7 nitrogen and oxygen atoms in total. The number of rotatable bonds is 4. The third-order valence-corrected chi connectivity index (χ3v) is 4.39. The van der Waals surface area contributed by atoms with Gasteiger partial charge in [0.15, 0.2) is 0 Å². The Balaban J connectivity index is 1.71. The lowest BCUT2D eigenvalue weighted by molar-refractivity contribution is -0.159. The van der Waals surface area contributed by atoms with Crippen LogP contribution in [0.2, 0.25) is 0 Å². The van der Waals surface area contributed by atoms with Crippen LogP contribution in [0.5, 0.6) is 0 Å². The summed E-state index contributed by atoms with van der Waals surface area (Å²) in [6.07, 6.45) is -3.62. The van der Waals surface area contributed by atoms with Gasteiger partial charge in [-0.15, -0.1) is 0 Å². The van der Waals surface area contributed by atoms with Crippen LogP contribution < -0.4 is 11.1 Å². The molecule has 0 unspecified atom stereocenters. The van der Waals surface area contributed by atoms with Crippen LogP contribution in [-0.2, 0) is 15.7 Å². The van der Waals surface area contributed by atoms with E-state index >= 15 is 0 Å². The predicted molar refractivity (Wildman–Crippen MR) is 84.9 cm³/mol. The van der Waals surface area contributed by atoms with Crippen molar-refractivity contribution in [2.24, 2.45) is 11.1 Å². The Morgan fingerprint density at radius 3 is 2.42 bits per heavy atom. The van der Waals surface area contributed by atoms with Crippen molar-refractivity contribution in [3.8, 4) is 11.4 Å². The summed E-state index contributed by atoms with van der Waals surface area (Å²) in [5.74, 6) is -1.79. The van der Waals surface area contributed by atoms with E-state index in [1.54, 1.807) is 12.1 Å². The Morgan fingerprint density at radius 2 is 1.88 bits per heavy atom. The highest BCUT2D eigenvalue weighted by Crippen LogP contribution is 2.32. The summed E-state index contributed by atoms with van der Waals surface area (Å²) in [6.45, 7) is 1.16. The molecule has 2 aromatic rings. The van der Waals surface area contributed by atoms with Crippen molar-refractivity contribution in [2.75, 3.05) is 25.1 Å². The minimum atomic E-state index is -4.70. The molecule has 0 atom stereocenters. The Bertz CT molecular complexity index is 768. The zero-order valence-corrected chi connectivity index (χ0v) is 13.7. The number of nitrogens with two attached hydrogens (primary N) is 1. The second-order valence-corrected chi connectivity index (χ2v) is 6.05. The maximum atomic E-state index is 12.6. The lowest BCUT2D eigenvalue weighted by atomic mass is 9.79. The van der Waals surface area contributed by atoms with Crippen LogP contribution in [0.25, 0.3) is 11.4 Å². The summed E-state index contributed by atoms with van der Waals surface area (Å²) in [5.41, 5.74) is 5.95. The first-order chi connectivity index (χ1) is 12.3. The first-order valence-corrected chi connectivity index (χ1v) is 7.95. The van der Waals surface area contributed by atoms with Crippen LogP contribution in [0.3, 0.4) is 0 Å². The molecule has 3 rings (SSSR count). The number of nitrogens with one attached hydrogen (secondary N) is 1. The van der Waals surface area contributed by atoms with E-state index in [4.69, 9.17) is 10.5 Å². The van der Waals surface area contributed by atoms with Gasteiger partial charge in [-0.2, -0.15) is 18.2 Å². The van der Waals surface area contributed by atoms with Crippen molar-refractivity contribution in [1.82, 2.24) is 10.1 Å². The molecule has 1 aromatic carbocycles. The molecule has 0 radical (unpaired) electrons. The number of carbonyl (C=O) groups excluding carboxylic acids is 1. The van der Waals surface area contributed by atoms with E-state index in [0.29, 0.717) is 37.3 Å². The van der Waals surface area contributed by atoms with Gasteiger partial charge >= 0.3 is 12.1 Å². The fourth-order valence-electron chi connectivity index (χ4n) is 2.71. The summed E-state index contributed by atoms with van der Waals surface area (Å²) in [6, 6.07) is 6.11. The predicted octanol–water partition coefficient (Wildman–Crippen LogP) is 2.45. The number of nitrogens with zero attached hydrogens (tertiary/aromatic N) is 2. The number of hydrogen-bond donors (Lipinski definition) is 2. The molecule has 0 bridgehead atoms. The number of anilines is 1. The quantitative estimate of drug-likeness (QED) is 0.857. The van der Waals surface area contributed by atoms with Gasteiger partial charge in [0.05, 0.1) is 5.41 Å². The van der Waals surface area contributed by atoms with E-state index in [1.807, 2.05) is 0 Å². The minimum absolute atomic E-state index is 0.182.